The predicted octanol–water partition coefficient (Wildman–Crippen LogP) is 1.68. The van der Waals surface area contributed by atoms with E-state index in [9.17, 15) is 18.0 Å². The average molecular weight is 282 g/mol. The van der Waals surface area contributed by atoms with E-state index < -0.39 is 16.8 Å². The molecule has 0 aromatic rings. The van der Waals surface area contributed by atoms with Crippen LogP contribution in [0, 0.1) is 16.7 Å². The molecule has 0 unspecified atom stereocenters. The molecule has 0 spiro atoms. The molecule has 1 aliphatic rings. The summed E-state index contributed by atoms with van der Waals surface area (Å²) >= 11 is -0.194. The fourth-order valence-electron chi connectivity index (χ4n) is 1.61. The Labute approximate surface area is 107 Å². The number of nitriles is 1. The molecule has 0 radical (unpaired) electrons. The van der Waals surface area contributed by atoms with E-state index in [1.165, 1.54) is 0 Å². The lowest BCUT2D eigenvalue weighted by Gasteiger charge is -2.29. The second kappa shape index (κ2) is 6.29. The van der Waals surface area contributed by atoms with Crippen LogP contribution in [-0.2, 0) is 9.53 Å². The number of nitrogens with zero attached hydrogens (tertiary/aromatic N) is 1. The number of hydrogen-bond acceptors (Lipinski definition) is 4. The van der Waals surface area contributed by atoms with Crippen molar-refractivity contribution in [1.82, 2.24) is 5.32 Å². The summed E-state index contributed by atoms with van der Waals surface area (Å²) in [5, 5.41) is 11.4. The molecule has 0 saturated carbocycles. The van der Waals surface area contributed by atoms with E-state index >= 15 is 0 Å². The van der Waals surface area contributed by atoms with E-state index in [1.807, 2.05) is 6.07 Å². The largest absolute Gasteiger partial charge is 0.441 e. The minimum absolute atomic E-state index is 0.104. The first-order valence-corrected chi connectivity index (χ1v) is 6.36. The number of ether oxygens (including phenoxy) is 1. The first kappa shape index (κ1) is 15.1. The summed E-state index contributed by atoms with van der Waals surface area (Å²) < 4.78 is 40.6. The quantitative estimate of drug-likeness (QED) is 0.797. The molecular formula is C10H13F3N2O2S. The van der Waals surface area contributed by atoms with Crippen LogP contribution in [0.25, 0.3) is 0 Å². The van der Waals surface area contributed by atoms with Crippen molar-refractivity contribution in [3.05, 3.63) is 0 Å². The van der Waals surface area contributed by atoms with Crippen LogP contribution >= 0.6 is 11.8 Å². The molecule has 102 valence electrons. The van der Waals surface area contributed by atoms with Gasteiger partial charge >= 0.3 is 5.51 Å². The van der Waals surface area contributed by atoms with Gasteiger partial charge in [-0.05, 0) is 24.6 Å². The van der Waals surface area contributed by atoms with Crippen molar-refractivity contribution < 1.29 is 22.7 Å². The zero-order chi connectivity index (χ0) is 13.6. The minimum atomic E-state index is -4.30. The van der Waals surface area contributed by atoms with Gasteiger partial charge in [-0.25, -0.2) is 0 Å². The Morgan fingerprint density at radius 3 is 2.56 bits per heavy atom. The predicted molar refractivity (Wildman–Crippen MR) is 59.6 cm³/mol. The van der Waals surface area contributed by atoms with Gasteiger partial charge in [-0.15, -0.1) is 0 Å². The summed E-state index contributed by atoms with van der Waals surface area (Å²) in [6.45, 7) is 0.532. The fraction of sp³-hybridized carbons (Fsp3) is 0.800. The topological polar surface area (TPSA) is 62.1 Å². The number of amides is 1. The maximum absolute atomic E-state index is 11.9. The Bertz CT molecular complexity index is 335. The SMILES string of the molecule is N#CC1(C(=O)NCCSC(F)(F)F)CCOCC1. The monoisotopic (exact) mass is 282 g/mol. The number of halogens is 3. The third-order valence-corrected chi connectivity index (χ3v) is 3.38. The number of hydrogen-bond donors (Lipinski definition) is 1. The van der Waals surface area contributed by atoms with Crippen molar-refractivity contribution in [2.45, 2.75) is 18.3 Å². The van der Waals surface area contributed by atoms with Crippen LogP contribution in [0.3, 0.4) is 0 Å². The second-order valence-electron chi connectivity index (χ2n) is 3.86. The van der Waals surface area contributed by atoms with Gasteiger partial charge in [-0.3, -0.25) is 4.79 Å². The van der Waals surface area contributed by atoms with Gasteiger partial charge in [0.25, 0.3) is 0 Å². The highest BCUT2D eigenvalue weighted by atomic mass is 32.2. The average Bonchev–Trinajstić information content (AvgIpc) is 2.34. The first-order valence-electron chi connectivity index (χ1n) is 5.38. The van der Waals surface area contributed by atoms with Crippen LogP contribution in [0.5, 0.6) is 0 Å². The standard InChI is InChI=1S/C10H13F3N2O2S/c11-10(12,13)18-6-3-15-8(16)9(7-14)1-4-17-5-2-9/h1-6H2,(H,15,16). The highest BCUT2D eigenvalue weighted by Gasteiger charge is 2.40. The number of thioether (sulfide) groups is 1. The van der Waals surface area contributed by atoms with Crippen molar-refractivity contribution in [2.75, 3.05) is 25.5 Å². The molecule has 4 nitrogen and oxygen atoms in total. The van der Waals surface area contributed by atoms with Crippen molar-refractivity contribution in [1.29, 1.82) is 5.26 Å². The number of alkyl halides is 3. The highest BCUT2D eigenvalue weighted by Crippen LogP contribution is 2.31. The van der Waals surface area contributed by atoms with E-state index in [0.717, 1.165) is 0 Å². The normalized spacial score (nSPS) is 19.0. The lowest BCUT2D eigenvalue weighted by atomic mass is 9.81. The zero-order valence-corrected chi connectivity index (χ0v) is 10.4. The van der Waals surface area contributed by atoms with Gasteiger partial charge in [-0.2, -0.15) is 18.4 Å². The Morgan fingerprint density at radius 2 is 2.06 bits per heavy atom. The van der Waals surface area contributed by atoms with Crippen molar-refractivity contribution in [2.24, 2.45) is 5.41 Å². The third-order valence-electron chi connectivity index (χ3n) is 2.65. The maximum atomic E-state index is 11.9. The molecule has 1 heterocycles. The summed E-state index contributed by atoms with van der Waals surface area (Å²) in [5.74, 6) is -0.760. The second-order valence-corrected chi connectivity index (χ2v) is 5.02. The van der Waals surface area contributed by atoms with Gasteiger partial charge in [0.15, 0.2) is 0 Å². The minimum Gasteiger partial charge on any atom is -0.381 e. The van der Waals surface area contributed by atoms with Crippen LogP contribution in [0.15, 0.2) is 0 Å². The summed E-state index contributed by atoms with van der Waals surface area (Å²) in [4.78, 5) is 11.8. The summed E-state index contributed by atoms with van der Waals surface area (Å²) in [5.41, 5.74) is -5.45. The van der Waals surface area contributed by atoms with Crippen LogP contribution < -0.4 is 5.32 Å². The molecule has 1 amide bonds. The van der Waals surface area contributed by atoms with Gasteiger partial charge in [0, 0.05) is 25.5 Å². The van der Waals surface area contributed by atoms with E-state index in [1.54, 1.807) is 0 Å². The molecule has 0 atom stereocenters. The Balaban J connectivity index is 2.37. The Kier molecular flexibility index (Phi) is 5.28. The smallest absolute Gasteiger partial charge is 0.381 e. The van der Waals surface area contributed by atoms with Crippen LogP contribution in [-0.4, -0.2) is 36.9 Å². The lowest BCUT2D eigenvalue weighted by molar-refractivity contribution is -0.132. The maximum Gasteiger partial charge on any atom is 0.441 e. The number of nitrogens with one attached hydrogen (secondary N) is 1. The molecular weight excluding hydrogens is 269 g/mol. The number of rotatable bonds is 4. The number of carbonyl (C=O) groups is 1. The summed E-state index contributed by atoms with van der Waals surface area (Å²) in [7, 11) is 0. The van der Waals surface area contributed by atoms with E-state index in [4.69, 9.17) is 10.00 Å². The van der Waals surface area contributed by atoms with Gasteiger partial charge in [0.1, 0.15) is 5.41 Å². The van der Waals surface area contributed by atoms with Gasteiger partial charge < -0.3 is 10.1 Å². The Hall–Kier alpha value is -0.940. The van der Waals surface area contributed by atoms with Crippen LogP contribution in [0.1, 0.15) is 12.8 Å². The summed E-state index contributed by atoms with van der Waals surface area (Å²) in [6, 6.07) is 1.95. The molecule has 1 N–H and O–H groups in total. The fourth-order valence-corrected chi connectivity index (χ4v) is 2.05. The van der Waals surface area contributed by atoms with Gasteiger partial charge in [0.2, 0.25) is 5.91 Å². The highest BCUT2D eigenvalue weighted by molar-refractivity contribution is 8.00. The van der Waals surface area contributed by atoms with Gasteiger partial charge in [0.05, 0.1) is 6.07 Å². The molecule has 1 rings (SSSR count). The molecule has 0 aliphatic carbocycles. The van der Waals surface area contributed by atoms with Crippen molar-refractivity contribution >= 4 is 17.7 Å². The molecule has 0 bridgehead atoms. The summed E-state index contributed by atoms with van der Waals surface area (Å²) in [6.07, 6.45) is 0.559. The molecule has 8 heteroatoms. The molecule has 1 aliphatic heterocycles. The molecule has 18 heavy (non-hydrogen) atoms. The molecule has 0 aromatic heterocycles. The number of carbonyl (C=O) groups excluding carboxylic acids is 1. The van der Waals surface area contributed by atoms with E-state index in [-0.39, 0.29) is 36.9 Å². The Morgan fingerprint density at radius 1 is 1.44 bits per heavy atom. The van der Waals surface area contributed by atoms with Crippen molar-refractivity contribution in [3.8, 4) is 6.07 Å². The van der Waals surface area contributed by atoms with Gasteiger partial charge in [-0.1, -0.05) is 0 Å². The van der Waals surface area contributed by atoms with Crippen LogP contribution in [0.2, 0.25) is 0 Å². The van der Waals surface area contributed by atoms with Crippen molar-refractivity contribution in [3.63, 3.8) is 0 Å². The first-order chi connectivity index (χ1) is 8.40. The molecule has 0 aromatic carbocycles. The lowest BCUT2D eigenvalue weighted by Crippen LogP contribution is -2.44. The van der Waals surface area contributed by atoms with E-state index in [0.29, 0.717) is 13.2 Å². The molecule has 1 fully saturated rings. The third kappa shape index (κ3) is 4.38. The zero-order valence-electron chi connectivity index (χ0n) is 9.55. The van der Waals surface area contributed by atoms with E-state index in [2.05, 4.69) is 5.32 Å². The van der Waals surface area contributed by atoms with Crippen LogP contribution in [0.4, 0.5) is 13.2 Å². The molecule has 1 saturated heterocycles.